The molecule has 8 nitrogen and oxygen atoms in total. The minimum Gasteiger partial charge on any atom is -0.496 e. The summed E-state index contributed by atoms with van der Waals surface area (Å²) in [5.41, 5.74) is 0.519. The molecule has 2 N–H and O–H groups in total. The Bertz CT molecular complexity index is 1290. The van der Waals surface area contributed by atoms with E-state index in [4.69, 9.17) is 14.2 Å². The molecule has 2 amide bonds. The molecule has 35 heavy (non-hydrogen) atoms. The second kappa shape index (κ2) is 9.49. The second-order valence-electron chi connectivity index (χ2n) is 8.69. The summed E-state index contributed by atoms with van der Waals surface area (Å²) in [7, 11) is 3.30. The van der Waals surface area contributed by atoms with Crippen LogP contribution in [0.3, 0.4) is 0 Å². The number of methoxy groups -OCH3 is 1. The Labute approximate surface area is 211 Å². The van der Waals surface area contributed by atoms with Gasteiger partial charge in [-0.3, -0.25) is 9.59 Å². The Kier molecular flexibility index (Phi) is 6.39. The molecule has 182 valence electrons. The zero-order chi connectivity index (χ0) is 24.6. The van der Waals surface area contributed by atoms with E-state index < -0.39 is 11.6 Å². The van der Waals surface area contributed by atoms with Crippen LogP contribution in [0.2, 0.25) is 0 Å². The standard InChI is InChI=1S/C26H26BrN3O5/c1-28-12-23(31)29-24-25(32)30(20-5-3-4-6-22(20)35-26(24)14-34-15-26)13-19-18-9-8-17(27)11-16(18)7-10-21(19)33-2/h3-11,24,28H,12-15H2,1-2H3,(H,29,31)/t24-/m0/s1. The Hall–Kier alpha value is -3.14. The van der Waals surface area contributed by atoms with Gasteiger partial charge in [0.05, 0.1) is 39.1 Å². The SMILES string of the molecule is CNCC(=O)N[C@H]1C(=O)N(Cc2c(OC)ccc3cc(Br)ccc23)c2ccccc2OC12COC2. The summed E-state index contributed by atoms with van der Waals surface area (Å²) < 4.78 is 18.5. The molecule has 1 atom stereocenters. The number of benzene rings is 3. The first kappa shape index (κ1) is 23.6. The molecule has 3 aromatic rings. The van der Waals surface area contributed by atoms with Gasteiger partial charge in [-0.05, 0) is 48.2 Å². The fourth-order valence-electron chi connectivity index (χ4n) is 4.66. The lowest BCUT2D eigenvalue weighted by Crippen LogP contribution is -2.71. The van der Waals surface area contributed by atoms with E-state index in [2.05, 4.69) is 26.6 Å². The van der Waals surface area contributed by atoms with Crippen molar-refractivity contribution in [2.75, 3.05) is 38.8 Å². The Morgan fingerprint density at radius 3 is 2.71 bits per heavy atom. The minimum absolute atomic E-state index is 0.0830. The van der Waals surface area contributed by atoms with Crippen molar-refractivity contribution in [1.29, 1.82) is 0 Å². The van der Waals surface area contributed by atoms with Crippen molar-refractivity contribution in [3.63, 3.8) is 0 Å². The van der Waals surface area contributed by atoms with Crippen molar-refractivity contribution in [2.45, 2.75) is 18.2 Å². The summed E-state index contributed by atoms with van der Waals surface area (Å²) in [5, 5.41) is 7.71. The molecule has 0 unspecified atom stereocenters. The fraction of sp³-hybridized carbons (Fsp3) is 0.308. The third-order valence-electron chi connectivity index (χ3n) is 6.43. The van der Waals surface area contributed by atoms with Crippen molar-refractivity contribution < 1.29 is 23.8 Å². The predicted octanol–water partition coefficient (Wildman–Crippen LogP) is 3.01. The number of para-hydroxylation sites is 2. The van der Waals surface area contributed by atoms with E-state index in [9.17, 15) is 9.59 Å². The van der Waals surface area contributed by atoms with Gasteiger partial charge in [-0.25, -0.2) is 0 Å². The smallest absolute Gasteiger partial charge is 0.254 e. The van der Waals surface area contributed by atoms with E-state index in [1.807, 2.05) is 54.6 Å². The van der Waals surface area contributed by atoms with E-state index in [1.54, 1.807) is 19.1 Å². The lowest BCUT2D eigenvalue weighted by atomic mass is 9.90. The highest BCUT2D eigenvalue weighted by Crippen LogP contribution is 2.41. The maximum absolute atomic E-state index is 14.2. The van der Waals surface area contributed by atoms with Crippen molar-refractivity contribution in [3.05, 3.63) is 64.6 Å². The van der Waals surface area contributed by atoms with Crippen LogP contribution >= 0.6 is 15.9 Å². The number of carbonyl (C=O) groups excluding carboxylic acids is 2. The van der Waals surface area contributed by atoms with Gasteiger partial charge < -0.3 is 29.7 Å². The van der Waals surface area contributed by atoms with Gasteiger partial charge in [-0.15, -0.1) is 0 Å². The van der Waals surface area contributed by atoms with Crippen molar-refractivity contribution >= 4 is 44.2 Å². The minimum atomic E-state index is -0.973. The number of rotatable bonds is 6. The molecule has 2 aliphatic rings. The van der Waals surface area contributed by atoms with Crippen LogP contribution in [-0.4, -0.2) is 57.4 Å². The maximum Gasteiger partial charge on any atom is 0.254 e. The number of anilines is 1. The number of likely N-dealkylation sites (N-methyl/N-ethyl adjacent to an activating group) is 1. The summed E-state index contributed by atoms with van der Waals surface area (Å²) in [6.07, 6.45) is 0. The fourth-order valence-corrected chi connectivity index (χ4v) is 5.04. The van der Waals surface area contributed by atoms with Crippen LogP contribution in [0.25, 0.3) is 10.8 Å². The van der Waals surface area contributed by atoms with E-state index in [1.165, 1.54) is 0 Å². The largest absolute Gasteiger partial charge is 0.496 e. The molecule has 0 saturated carbocycles. The van der Waals surface area contributed by atoms with Crippen LogP contribution in [0.1, 0.15) is 5.56 Å². The van der Waals surface area contributed by atoms with Crippen LogP contribution in [0, 0.1) is 0 Å². The van der Waals surface area contributed by atoms with Crippen molar-refractivity contribution in [1.82, 2.24) is 10.6 Å². The number of fused-ring (bicyclic) bond motifs is 2. The Balaban J connectivity index is 1.62. The lowest BCUT2D eigenvalue weighted by Gasteiger charge is -2.44. The molecule has 1 fully saturated rings. The lowest BCUT2D eigenvalue weighted by molar-refractivity contribution is -0.181. The number of amides is 2. The first-order valence-electron chi connectivity index (χ1n) is 11.3. The summed E-state index contributed by atoms with van der Waals surface area (Å²) >= 11 is 3.53. The van der Waals surface area contributed by atoms with E-state index in [-0.39, 0.29) is 38.1 Å². The van der Waals surface area contributed by atoms with E-state index in [0.29, 0.717) is 17.2 Å². The van der Waals surface area contributed by atoms with Crippen LogP contribution in [-0.2, 0) is 20.9 Å². The Morgan fingerprint density at radius 1 is 1.20 bits per heavy atom. The van der Waals surface area contributed by atoms with Crippen molar-refractivity contribution in [3.8, 4) is 11.5 Å². The van der Waals surface area contributed by atoms with Gasteiger partial charge in [0.25, 0.3) is 5.91 Å². The summed E-state index contributed by atoms with van der Waals surface area (Å²) in [4.78, 5) is 28.4. The zero-order valence-corrected chi connectivity index (χ0v) is 21.1. The summed E-state index contributed by atoms with van der Waals surface area (Å²) in [6.45, 7) is 0.727. The summed E-state index contributed by atoms with van der Waals surface area (Å²) in [5.74, 6) is 0.683. The average Bonchev–Trinajstić information content (AvgIpc) is 2.93. The number of nitrogens with zero attached hydrogens (tertiary/aromatic N) is 1. The first-order valence-corrected chi connectivity index (χ1v) is 12.1. The molecule has 1 spiro atoms. The highest BCUT2D eigenvalue weighted by Gasteiger charge is 2.55. The van der Waals surface area contributed by atoms with Gasteiger partial charge in [0, 0.05) is 10.0 Å². The van der Waals surface area contributed by atoms with Crippen LogP contribution in [0.5, 0.6) is 11.5 Å². The molecule has 0 radical (unpaired) electrons. The number of halogens is 1. The number of hydrogen-bond acceptors (Lipinski definition) is 6. The summed E-state index contributed by atoms with van der Waals surface area (Å²) in [6, 6.07) is 16.4. The van der Waals surface area contributed by atoms with Gasteiger partial charge in [0.15, 0.2) is 11.6 Å². The van der Waals surface area contributed by atoms with Crippen LogP contribution in [0.15, 0.2) is 59.1 Å². The third-order valence-corrected chi connectivity index (χ3v) is 6.92. The Morgan fingerprint density at radius 2 is 2.00 bits per heavy atom. The molecule has 2 heterocycles. The molecule has 0 aliphatic carbocycles. The molecule has 0 aromatic heterocycles. The third kappa shape index (κ3) is 4.24. The van der Waals surface area contributed by atoms with Gasteiger partial charge in [0.1, 0.15) is 11.5 Å². The number of ether oxygens (including phenoxy) is 3. The van der Waals surface area contributed by atoms with Gasteiger partial charge in [0.2, 0.25) is 5.91 Å². The average molecular weight is 540 g/mol. The van der Waals surface area contributed by atoms with E-state index >= 15 is 0 Å². The highest BCUT2D eigenvalue weighted by atomic mass is 79.9. The monoisotopic (exact) mass is 539 g/mol. The van der Waals surface area contributed by atoms with Crippen LogP contribution < -0.4 is 25.0 Å². The topological polar surface area (TPSA) is 89.1 Å². The maximum atomic E-state index is 14.2. The first-order chi connectivity index (χ1) is 17.0. The van der Waals surface area contributed by atoms with Gasteiger partial charge in [-0.1, -0.05) is 40.2 Å². The number of nitrogens with one attached hydrogen (secondary N) is 2. The molecule has 2 aliphatic heterocycles. The predicted molar refractivity (Wildman–Crippen MR) is 136 cm³/mol. The second-order valence-corrected chi connectivity index (χ2v) is 9.61. The zero-order valence-electron chi connectivity index (χ0n) is 19.5. The van der Waals surface area contributed by atoms with Gasteiger partial charge >= 0.3 is 0 Å². The number of hydrogen-bond donors (Lipinski definition) is 2. The molecule has 1 saturated heterocycles. The van der Waals surface area contributed by atoms with Crippen molar-refractivity contribution in [2.24, 2.45) is 0 Å². The molecule has 5 rings (SSSR count). The van der Waals surface area contributed by atoms with Gasteiger partial charge in [-0.2, -0.15) is 0 Å². The quantitative estimate of drug-likeness (QED) is 0.500. The number of carbonyl (C=O) groups is 2. The van der Waals surface area contributed by atoms with E-state index in [0.717, 1.165) is 20.8 Å². The normalized spacial score (nSPS) is 18.4. The molecule has 3 aromatic carbocycles. The molecular weight excluding hydrogens is 514 g/mol. The molecular formula is C26H26BrN3O5. The van der Waals surface area contributed by atoms with Crippen LogP contribution in [0.4, 0.5) is 5.69 Å². The molecule has 0 bridgehead atoms. The highest BCUT2D eigenvalue weighted by molar-refractivity contribution is 9.10. The molecule has 9 heteroatoms.